The lowest BCUT2D eigenvalue weighted by atomic mass is 10.2. The van der Waals surface area contributed by atoms with Crippen molar-refractivity contribution < 1.29 is 4.74 Å². The summed E-state index contributed by atoms with van der Waals surface area (Å²) in [6.45, 7) is 7.01. The molecule has 90 valence electrons. The van der Waals surface area contributed by atoms with Gasteiger partial charge in [0.15, 0.2) is 0 Å². The number of nitrogens with one attached hydrogen (secondary N) is 1. The van der Waals surface area contributed by atoms with Crippen molar-refractivity contribution in [2.75, 3.05) is 19.0 Å². The molecule has 0 saturated carbocycles. The van der Waals surface area contributed by atoms with E-state index in [1.54, 1.807) is 0 Å². The van der Waals surface area contributed by atoms with Crippen molar-refractivity contribution in [1.29, 1.82) is 0 Å². The van der Waals surface area contributed by atoms with Gasteiger partial charge < -0.3 is 10.1 Å². The van der Waals surface area contributed by atoms with Gasteiger partial charge in [0, 0.05) is 19.0 Å². The third kappa shape index (κ3) is 3.68. The first-order valence-electron chi connectivity index (χ1n) is 5.87. The normalized spacial score (nSPS) is 10.6. The quantitative estimate of drug-likeness (QED) is 0.753. The van der Waals surface area contributed by atoms with Crippen LogP contribution in [0.3, 0.4) is 0 Å². The molecule has 1 rings (SSSR count). The first kappa shape index (κ1) is 12.7. The lowest BCUT2D eigenvalue weighted by molar-refractivity contribution is 0.296. The van der Waals surface area contributed by atoms with E-state index in [-0.39, 0.29) is 0 Å². The van der Waals surface area contributed by atoms with E-state index in [1.165, 1.54) is 0 Å². The Morgan fingerprint density at radius 3 is 2.69 bits per heavy atom. The van der Waals surface area contributed by atoms with E-state index in [9.17, 15) is 0 Å². The van der Waals surface area contributed by atoms with Crippen molar-refractivity contribution in [1.82, 2.24) is 9.97 Å². The fourth-order valence-electron chi connectivity index (χ4n) is 1.22. The number of hydrogen-bond donors (Lipinski definition) is 1. The van der Waals surface area contributed by atoms with Gasteiger partial charge in [0.2, 0.25) is 5.88 Å². The van der Waals surface area contributed by atoms with Crippen molar-refractivity contribution in [3.05, 3.63) is 11.9 Å². The third-order valence-electron chi connectivity index (χ3n) is 2.24. The average molecular weight is 223 g/mol. The minimum Gasteiger partial charge on any atom is -0.478 e. The van der Waals surface area contributed by atoms with E-state index in [0.29, 0.717) is 18.4 Å². The lowest BCUT2D eigenvalue weighted by Gasteiger charge is -2.10. The van der Waals surface area contributed by atoms with Crippen LogP contribution in [0, 0.1) is 0 Å². The van der Waals surface area contributed by atoms with Crippen LogP contribution in [0.4, 0.5) is 5.82 Å². The highest BCUT2D eigenvalue weighted by Gasteiger charge is 2.07. The fourth-order valence-corrected chi connectivity index (χ4v) is 1.22. The summed E-state index contributed by atoms with van der Waals surface area (Å²) in [4.78, 5) is 8.76. The Morgan fingerprint density at radius 2 is 2.12 bits per heavy atom. The number of anilines is 1. The summed E-state index contributed by atoms with van der Waals surface area (Å²) >= 11 is 0. The van der Waals surface area contributed by atoms with Gasteiger partial charge >= 0.3 is 0 Å². The van der Waals surface area contributed by atoms with Gasteiger partial charge in [0.25, 0.3) is 0 Å². The van der Waals surface area contributed by atoms with E-state index < -0.39 is 0 Å². The standard InChI is InChI=1S/C12H21N3O/c1-5-6-7-16-11-8-10(13-4)14-12(15-11)9(2)3/h8-9H,5-7H2,1-4H3,(H,13,14,15). The van der Waals surface area contributed by atoms with E-state index in [2.05, 4.69) is 36.1 Å². The Kier molecular flexibility index (Phi) is 5.02. The second-order valence-electron chi connectivity index (χ2n) is 4.06. The van der Waals surface area contributed by atoms with Crippen LogP contribution in [-0.2, 0) is 0 Å². The summed E-state index contributed by atoms with van der Waals surface area (Å²) in [5.41, 5.74) is 0. The molecule has 0 aromatic carbocycles. The molecule has 1 heterocycles. The molecule has 0 fully saturated rings. The minimum atomic E-state index is 0.307. The SMILES string of the molecule is CCCCOc1cc(NC)nc(C(C)C)n1. The van der Waals surface area contributed by atoms with E-state index in [0.717, 1.165) is 24.5 Å². The number of ether oxygens (including phenoxy) is 1. The zero-order valence-electron chi connectivity index (χ0n) is 10.6. The number of aromatic nitrogens is 2. The maximum atomic E-state index is 5.59. The van der Waals surface area contributed by atoms with E-state index in [1.807, 2.05) is 13.1 Å². The molecule has 0 saturated heterocycles. The highest BCUT2D eigenvalue weighted by molar-refractivity contribution is 5.38. The Hall–Kier alpha value is -1.32. The van der Waals surface area contributed by atoms with Crippen LogP contribution in [0.1, 0.15) is 45.4 Å². The molecule has 0 amide bonds. The second-order valence-corrected chi connectivity index (χ2v) is 4.06. The molecule has 4 nitrogen and oxygen atoms in total. The molecular weight excluding hydrogens is 202 g/mol. The first-order chi connectivity index (χ1) is 7.67. The highest BCUT2D eigenvalue weighted by atomic mass is 16.5. The van der Waals surface area contributed by atoms with Crippen LogP contribution in [0.5, 0.6) is 5.88 Å². The smallest absolute Gasteiger partial charge is 0.218 e. The average Bonchev–Trinajstić information content (AvgIpc) is 2.29. The third-order valence-corrected chi connectivity index (χ3v) is 2.24. The molecule has 0 radical (unpaired) electrons. The summed E-state index contributed by atoms with van der Waals surface area (Å²) in [5.74, 6) is 2.60. The molecule has 16 heavy (non-hydrogen) atoms. The number of unbranched alkanes of at least 4 members (excludes halogenated alkanes) is 1. The summed E-state index contributed by atoms with van der Waals surface area (Å²) in [7, 11) is 1.85. The van der Waals surface area contributed by atoms with Crippen molar-refractivity contribution in [3.63, 3.8) is 0 Å². The van der Waals surface area contributed by atoms with Gasteiger partial charge in [-0.15, -0.1) is 0 Å². The lowest BCUT2D eigenvalue weighted by Crippen LogP contribution is -2.06. The van der Waals surface area contributed by atoms with Gasteiger partial charge in [-0.25, -0.2) is 4.98 Å². The maximum absolute atomic E-state index is 5.59. The molecule has 1 aromatic heterocycles. The van der Waals surface area contributed by atoms with E-state index >= 15 is 0 Å². The summed E-state index contributed by atoms with van der Waals surface area (Å²) in [5, 5.41) is 3.02. The van der Waals surface area contributed by atoms with Gasteiger partial charge in [0.1, 0.15) is 11.6 Å². The molecule has 0 aliphatic heterocycles. The topological polar surface area (TPSA) is 47.0 Å². The Balaban J connectivity index is 2.78. The summed E-state index contributed by atoms with van der Waals surface area (Å²) in [6.07, 6.45) is 2.18. The predicted octanol–water partition coefficient (Wildman–Crippen LogP) is 2.82. The largest absolute Gasteiger partial charge is 0.478 e. The predicted molar refractivity (Wildman–Crippen MR) is 66.1 cm³/mol. The van der Waals surface area contributed by atoms with Crippen molar-refractivity contribution in [3.8, 4) is 5.88 Å². The van der Waals surface area contributed by atoms with Crippen molar-refractivity contribution in [2.24, 2.45) is 0 Å². The van der Waals surface area contributed by atoms with Gasteiger partial charge in [-0.1, -0.05) is 27.2 Å². The van der Waals surface area contributed by atoms with Gasteiger partial charge in [-0.05, 0) is 6.42 Å². The van der Waals surface area contributed by atoms with E-state index in [4.69, 9.17) is 4.74 Å². The van der Waals surface area contributed by atoms with Gasteiger partial charge in [0.05, 0.1) is 6.61 Å². The molecule has 0 spiro atoms. The number of rotatable bonds is 6. The molecular formula is C12H21N3O. The monoisotopic (exact) mass is 223 g/mol. The summed E-state index contributed by atoms with van der Waals surface area (Å²) in [6, 6.07) is 1.83. The Bertz CT molecular complexity index is 326. The van der Waals surface area contributed by atoms with Crippen LogP contribution in [0.2, 0.25) is 0 Å². The van der Waals surface area contributed by atoms with Crippen molar-refractivity contribution >= 4 is 5.82 Å². The molecule has 4 heteroatoms. The minimum absolute atomic E-state index is 0.307. The van der Waals surface area contributed by atoms with Gasteiger partial charge in [-0.2, -0.15) is 4.98 Å². The molecule has 0 aliphatic rings. The Morgan fingerprint density at radius 1 is 1.38 bits per heavy atom. The first-order valence-corrected chi connectivity index (χ1v) is 5.87. The van der Waals surface area contributed by atoms with Crippen LogP contribution < -0.4 is 10.1 Å². The summed E-state index contributed by atoms with van der Waals surface area (Å²) < 4.78 is 5.59. The van der Waals surface area contributed by atoms with Crippen LogP contribution in [0.25, 0.3) is 0 Å². The fraction of sp³-hybridized carbons (Fsp3) is 0.667. The molecule has 1 aromatic rings. The highest BCUT2D eigenvalue weighted by Crippen LogP contribution is 2.18. The molecule has 1 N–H and O–H groups in total. The molecule has 0 aliphatic carbocycles. The number of hydrogen-bond acceptors (Lipinski definition) is 4. The molecule has 0 unspecified atom stereocenters. The van der Waals surface area contributed by atoms with Crippen molar-refractivity contribution in [2.45, 2.75) is 39.5 Å². The van der Waals surface area contributed by atoms with Crippen LogP contribution >= 0.6 is 0 Å². The zero-order valence-corrected chi connectivity index (χ0v) is 10.6. The zero-order chi connectivity index (χ0) is 12.0. The Labute approximate surface area is 97.5 Å². The van der Waals surface area contributed by atoms with Crippen LogP contribution in [-0.4, -0.2) is 23.6 Å². The van der Waals surface area contributed by atoms with Gasteiger partial charge in [-0.3, -0.25) is 0 Å². The maximum Gasteiger partial charge on any atom is 0.218 e. The number of nitrogens with zero attached hydrogens (tertiary/aromatic N) is 2. The molecule has 0 bridgehead atoms. The van der Waals surface area contributed by atoms with Crippen LogP contribution in [0.15, 0.2) is 6.07 Å². The second kappa shape index (κ2) is 6.30. The molecule has 0 atom stereocenters.